The van der Waals surface area contributed by atoms with Crippen LogP contribution >= 0.6 is 0 Å². The highest BCUT2D eigenvalue weighted by Crippen LogP contribution is 2.41. The van der Waals surface area contributed by atoms with Gasteiger partial charge < -0.3 is 4.90 Å². The van der Waals surface area contributed by atoms with Crippen LogP contribution in [0, 0.1) is 0 Å². The summed E-state index contributed by atoms with van der Waals surface area (Å²) in [6, 6.07) is 22.1. The molecule has 0 spiro atoms. The maximum atomic E-state index is 3.75. The van der Waals surface area contributed by atoms with Crippen molar-refractivity contribution in [1.29, 1.82) is 0 Å². The zero-order valence-electron chi connectivity index (χ0n) is 11.8. The van der Waals surface area contributed by atoms with Crippen molar-refractivity contribution in [3.05, 3.63) is 96.2 Å². The predicted octanol–water partition coefficient (Wildman–Crippen LogP) is 3.78. The molecule has 104 valence electrons. The van der Waals surface area contributed by atoms with E-state index in [1.165, 1.54) is 11.1 Å². The third kappa shape index (κ3) is 2.18. The predicted molar refractivity (Wildman–Crippen MR) is 85.4 cm³/mol. The van der Waals surface area contributed by atoms with Gasteiger partial charge in [-0.25, -0.2) is 0 Å². The molecule has 2 aromatic rings. The van der Waals surface area contributed by atoms with Gasteiger partial charge in [0.15, 0.2) is 0 Å². The summed E-state index contributed by atoms with van der Waals surface area (Å²) in [5.74, 6) is 0. The van der Waals surface area contributed by atoms with E-state index in [1.807, 2.05) is 0 Å². The lowest BCUT2D eigenvalue weighted by atomic mass is 9.94. The third-order valence-corrected chi connectivity index (χ3v) is 4.27. The molecule has 4 rings (SSSR count). The maximum Gasteiger partial charge on any atom is 0.0997 e. The molecule has 0 saturated carbocycles. The van der Waals surface area contributed by atoms with Gasteiger partial charge in [-0.3, -0.25) is 5.32 Å². The van der Waals surface area contributed by atoms with Crippen molar-refractivity contribution in [2.24, 2.45) is 0 Å². The van der Waals surface area contributed by atoms with Crippen LogP contribution in [0.5, 0.6) is 0 Å². The Morgan fingerprint density at radius 2 is 1.43 bits per heavy atom. The lowest BCUT2D eigenvalue weighted by molar-refractivity contribution is 0.299. The van der Waals surface area contributed by atoms with Crippen molar-refractivity contribution in [3.63, 3.8) is 0 Å². The summed E-state index contributed by atoms with van der Waals surface area (Å²) in [6.45, 7) is 0. The van der Waals surface area contributed by atoms with E-state index in [-0.39, 0.29) is 6.17 Å². The minimum atomic E-state index is 0.269. The summed E-state index contributed by atoms with van der Waals surface area (Å²) in [4.78, 5) is 2.41. The molecule has 2 aromatic carbocycles. The second-order valence-electron chi connectivity index (χ2n) is 5.53. The number of fused-ring (bicyclic) bond motifs is 1. The van der Waals surface area contributed by atoms with E-state index in [0.717, 1.165) is 0 Å². The molecular formula is C19H18N2. The summed E-state index contributed by atoms with van der Waals surface area (Å²) in [6.07, 6.45) is 8.91. The van der Waals surface area contributed by atoms with Crippen molar-refractivity contribution in [2.45, 2.75) is 18.2 Å². The van der Waals surface area contributed by atoms with Crippen molar-refractivity contribution in [2.75, 3.05) is 0 Å². The minimum Gasteiger partial charge on any atom is -0.350 e. The minimum absolute atomic E-state index is 0.269. The van der Waals surface area contributed by atoms with Crippen LogP contribution in [0.2, 0.25) is 0 Å². The van der Waals surface area contributed by atoms with Gasteiger partial charge in [0.05, 0.1) is 18.2 Å². The summed E-state index contributed by atoms with van der Waals surface area (Å²) in [5.41, 5.74) is 2.68. The van der Waals surface area contributed by atoms with E-state index in [1.54, 1.807) is 0 Å². The molecule has 1 N–H and O–H groups in total. The van der Waals surface area contributed by atoms with Crippen LogP contribution in [0.3, 0.4) is 0 Å². The molecule has 2 nitrogen and oxygen atoms in total. The van der Waals surface area contributed by atoms with Crippen molar-refractivity contribution in [1.82, 2.24) is 10.2 Å². The monoisotopic (exact) mass is 274 g/mol. The van der Waals surface area contributed by atoms with Gasteiger partial charge in [-0.05, 0) is 23.3 Å². The highest BCUT2D eigenvalue weighted by Gasteiger charge is 2.39. The Morgan fingerprint density at radius 3 is 2.14 bits per heavy atom. The molecule has 0 aliphatic carbocycles. The quantitative estimate of drug-likeness (QED) is 0.896. The molecule has 0 amide bonds. The van der Waals surface area contributed by atoms with Crippen molar-refractivity contribution in [3.8, 4) is 0 Å². The number of nitrogens with one attached hydrogen (secondary N) is 1. The van der Waals surface area contributed by atoms with Crippen LogP contribution in [0.4, 0.5) is 0 Å². The van der Waals surface area contributed by atoms with Crippen molar-refractivity contribution >= 4 is 0 Å². The molecule has 3 unspecified atom stereocenters. The largest absolute Gasteiger partial charge is 0.350 e. The average Bonchev–Trinajstić information content (AvgIpc) is 2.96. The second kappa shape index (κ2) is 5.23. The summed E-state index contributed by atoms with van der Waals surface area (Å²) >= 11 is 0. The molecule has 2 aliphatic heterocycles. The van der Waals surface area contributed by atoms with Crippen LogP contribution in [0.25, 0.3) is 0 Å². The molecule has 2 heteroatoms. The molecule has 1 saturated heterocycles. The number of hydrogen-bond acceptors (Lipinski definition) is 2. The molecule has 1 fully saturated rings. The molecular weight excluding hydrogens is 256 g/mol. The van der Waals surface area contributed by atoms with Gasteiger partial charge in [-0.2, -0.15) is 0 Å². The zero-order chi connectivity index (χ0) is 14.1. The molecule has 0 bridgehead atoms. The van der Waals surface area contributed by atoms with Gasteiger partial charge in [-0.1, -0.05) is 66.7 Å². The number of allylic oxidation sites excluding steroid dienone is 2. The number of benzene rings is 2. The van der Waals surface area contributed by atoms with Gasteiger partial charge in [0.1, 0.15) is 0 Å². The molecule has 0 aromatic heterocycles. The lowest BCUT2D eigenvalue weighted by Crippen LogP contribution is -2.32. The summed E-state index contributed by atoms with van der Waals surface area (Å²) < 4.78 is 0. The highest BCUT2D eigenvalue weighted by atomic mass is 15.4. The van der Waals surface area contributed by atoms with Gasteiger partial charge in [0.2, 0.25) is 0 Å². The zero-order valence-corrected chi connectivity index (χ0v) is 11.8. The molecule has 2 heterocycles. The van der Waals surface area contributed by atoms with Gasteiger partial charge in [0, 0.05) is 6.20 Å². The van der Waals surface area contributed by atoms with Crippen LogP contribution in [-0.4, -0.2) is 11.1 Å². The van der Waals surface area contributed by atoms with Gasteiger partial charge in [0.25, 0.3) is 0 Å². The van der Waals surface area contributed by atoms with Crippen LogP contribution in [0.1, 0.15) is 23.2 Å². The molecule has 21 heavy (non-hydrogen) atoms. The number of nitrogens with zero attached hydrogens (tertiary/aromatic N) is 1. The highest BCUT2D eigenvalue weighted by molar-refractivity contribution is 5.33. The fourth-order valence-corrected chi connectivity index (χ4v) is 3.32. The number of hydrogen-bond donors (Lipinski definition) is 1. The topological polar surface area (TPSA) is 15.3 Å². The Kier molecular flexibility index (Phi) is 3.09. The molecule has 3 atom stereocenters. The van der Waals surface area contributed by atoms with E-state index in [2.05, 4.69) is 95.3 Å². The van der Waals surface area contributed by atoms with E-state index in [9.17, 15) is 0 Å². The van der Waals surface area contributed by atoms with Gasteiger partial charge in [-0.15, -0.1) is 0 Å². The van der Waals surface area contributed by atoms with Crippen LogP contribution < -0.4 is 5.32 Å². The first-order chi connectivity index (χ1) is 10.4. The Morgan fingerprint density at radius 1 is 0.762 bits per heavy atom. The Labute approximate surface area is 125 Å². The fourth-order valence-electron chi connectivity index (χ4n) is 3.32. The van der Waals surface area contributed by atoms with Gasteiger partial charge >= 0.3 is 0 Å². The third-order valence-electron chi connectivity index (χ3n) is 4.27. The lowest BCUT2D eigenvalue weighted by Gasteiger charge is -2.29. The summed E-state index contributed by atoms with van der Waals surface area (Å²) in [5, 5.41) is 3.75. The van der Waals surface area contributed by atoms with E-state index in [4.69, 9.17) is 0 Å². The Bertz CT molecular complexity index is 660. The fraction of sp³-hybridized carbons (Fsp3) is 0.158. The first-order valence-electron chi connectivity index (χ1n) is 7.42. The standard InChI is InChI=1S/C19H18N2/c1-3-9-15(10-4-1)18-19(16-11-5-2-6-12-16)21-14-8-7-13-17(21)20-18/h1-14,17-20H. The first-order valence-corrected chi connectivity index (χ1v) is 7.42. The van der Waals surface area contributed by atoms with Crippen molar-refractivity contribution < 1.29 is 0 Å². The normalized spacial score (nSPS) is 26.9. The summed E-state index contributed by atoms with van der Waals surface area (Å²) in [7, 11) is 0. The second-order valence-corrected chi connectivity index (χ2v) is 5.53. The Balaban J connectivity index is 1.78. The van der Waals surface area contributed by atoms with E-state index in [0.29, 0.717) is 12.1 Å². The van der Waals surface area contributed by atoms with E-state index < -0.39 is 0 Å². The first kappa shape index (κ1) is 12.4. The Hall–Kier alpha value is -2.32. The van der Waals surface area contributed by atoms with Crippen LogP contribution in [-0.2, 0) is 0 Å². The molecule has 0 radical (unpaired) electrons. The maximum absolute atomic E-state index is 3.75. The molecule has 2 aliphatic rings. The SMILES string of the molecule is C1=CC2NC(c3ccccc3)C(c3ccccc3)N2C=C1. The average molecular weight is 274 g/mol. The van der Waals surface area contributed by atoms with E-state index >= 15 is 0 Å². The number of rotatable bonds is 2. The van der Waals surface area contributed by atoms with Crippen LogP contribution in [0.15, 0.2) is 85.1 Å². The smallest absolute Gasteiger partial charge is 0.0997 e.